The van der Waals surface area contributed by atoms with Crippen LogP contribution in [0.25, 0.3) is 0 Å². The molecule has 2 rings (SSSR count). The van der Waals surface area contributed by atoms with E-state index in [0.717, 1.165) is 5.56 Å². The zero-order chi connectivity index (χ0) is 15.2. The number of Topliss-reactive ketones (excluding diaryl/α,β-unsaturated/α-hetero) is 2. The van der Waals surface area contributed by atoms with E-state index in [9.17, 15) is 9.59 Å². The maximum absolute atomic E-state index is 12.2. The molecule has 2 aromatic carbocycles. The van der Waals surface area contributed by atoms with Crippen molar-refractivity contribution < 1.29 is 14.3 Å². The number of benzene rings is 2. The van der Waals surface area contributed by atoms with E-state index < -0.39 is 6.10 Å². The van der Waals surface area contributed by atoms with Crippen LogP contribution in [0, 0.1) is 0 Å². The molecule has 0 bridgehead atoms. The minimum Gasteiger partial charge on any atom is -0.483 e. The van der Waals surface area contributed by atoms with Crippen LogP contribution in [0.1, 0.15) is 29.8 Å². The molecule has 0 saturated carbocycles. The highest BCUT2D eigenvalue weighted by Gasteiger charge is 2.16. The van der Waals surface area contributed by atoms with Gasteiger partial charge in [0.25, 0.3) is 0 Å². The predicted molar refractivity (Wildman–Crippen MR) is 81.7 cm³/mol. The Morgan fingerprint density at radius 1 is 1.00 bits per heavy atom. The first-order valence-electron chi connectivity index (χ1n) is 6.90. The normalized spacial score (nSPS) is 11.7. The molecule has 3 nitrogen and oxygen atoms in total. The molecule has 108 valence electrons. The van der Waals surface area contributed by atoms with Crippen LogP contribution < -0.4 is 4.74 Å². The van der Waals surface area contributed by atoms with Gasteiger partial charge in [-0.1, -0.05) is 42.5 Å². The Balaban J connectivity index is 2.01. The minimum absolute atomic E-state index is 0.0524. The lowest BCUT2D eigenvalue weighted by Gasteiger charge is -2.14. The first-order chi connectivity index (χ1) is 10.1. The van der Waals surface area contributed by atoms with Crippen LogP contribution in [-0.2, 0) is 11.2 Å². The third-order valence-corrected chi connectivity index (χ3v) is 3.12. The topological polar surface area (TPSA) is 43.4 Å². The van der Waals surface area contributed by atoms with E-state index in [1.54, 1.807) is 38.1 Å². The van der Waals surface area contributed by atoms with Gasteiger partial charge in [0.15, 0.2) is 6.10 Å². The lowest BCUT2D eigenvalue weighted by molar-refractivity contribution is -0.116. The molecule has 0 saturated heterocycles. The van der Waals surface area contributed by atoms with E-state index in [1.807, 2.05) is 30.3 Å². The van der Waals surface area contributed by atoms with Crippen LogP contribution in [0.4, 0.5) is 0 Å². The minimum atomic E-state index is -0.550. The molecular weight excluding hydrogens is 264 g/mol. The van der Waals surface area contributed by atoms with Crippen molar-refractivity contribution in [2.24, 2.45) is 0 Å². The Kier molecular flexibility index (Phi) is 4.88. The summed E-state index contributed by atoms with van der Waals surface area (Å²) in [5.41, 5.74) is 1.58. The zero-order valence-electron chi connectivity index (χ0n) is 12.2. The number of carbonyl (C=O) groups excluding carboxylic acids is 2. The summed E-state index contributed by atoms with van der Waals surface area (Å²) in [4.78, 5) is 23.2. The molecule has 0 spiro atoms. The molecule has 1 unspecified atom stereocenters. The Bertz CT molecular complexity index is 615. The Morgan fingerprint density at radius 3 is 2.19 bits per heavy atom. The van der Waals surface area contributed by atoms with Gasteiger partial charge in [0.05, 0.1) is 0 Å². The van der Waals surface area contributed by atoms with E-state index in [0.29, 0.717) is 17.7 Å². The number of carbonyl (C=O) groups is 2. The maximum Gasteiger partial charge on any atom is 0.202 e. The lowest BCUT2D eigenvalue weighted by Crippen LogP contribution is -2.23. The van der Waals surface area contributed by atoms with Crippen molar-refractivity contribution in [1.82, 2.24) is 0 Å². The molecule has 21 heavy (non-hydrogen) atoms. The van der Waals surface area contributed by atoms with Gasteiger partial charge in [0.2, 0.25) is 5.78 Å². The van der Waals surface area contributed by atoms with Crippen molar-refractivity contribution in [2.45, 2.75) is 26.4 Å². The van der Waals surface area contributed by atoms with Gasteiger partial charge in [-0.2, -0.15) is 0 Å². The molecule has 0 aliphatic heterocycles. The molecule has 3 heteroatoms. The molecule has 0 radical (unpaired) electrons. The van der Waals surface area contributed by atoms with Gasteiger partial charge < -0.3 is 4.74 Å². The highest BCUT2D eigenvalue weighted by molar-refractivity contribution is 5.99. The highest BCUT2D eigenvalue weighted by atomic mass is 16.5. The van der Waals surface area contributed by atoms with Crippen LogP contribution in [0.15, 0.2) is 54.6 Å². The number of hydrogen-bond donors (Lipinski definition) is 0. The van der Waals surface area contributed by atoms with E-state index in [-0.39, 0.29) is 11.6 Å². The number of rotatable bonds is 6. The summed E-state index contributed by atoms with van der Waals surface area (Å²) in [6, 6.07) is 16.3. The summed E-state index contributed by atoms with van der Waals surface area (Å²) < 4.78 is 5.66. The third kappa shape index (κ3) is 4.28. The van der Waals surface area contributed by atoms with E-state index in [2.05, 4.69) is 0 Å². The van der Waals surface area contributed by atoms with Crippen LogP contribution >= 0.6 is 0 Å². The van der Waals surface area contributed by atoms with Crippen LogP contribution in [0.2, 0.25) is 0 Å². The molecule has 0 N–H and O–H groups in total. The van der Waals surface area contributed by atoms with E-state index in [1.165, 1.54) is 0 Å². The van der Waals surface area contributed by atoms with E-state index >= 15 is 0 Å². The third-order valence-electron chi connectivity index (χ3n) is 3.12. The molecule has 0 amide bonds. The summed E-state index contributed by atoms with van der Waals surface area (Å²) in [5.74, 6) is 0.693. The Morgan fingerprint density at radius 2 is 1.62 bits per heavy atom. The van der Waals surface area contributed by atoms with Crippen molar-refractivity contribution in [3.63, 3.8) is 0 Å². The molecule has 2 aromatic rings. The fourth-order valence-electron chi connectivity index (χ4n) is 2.07. The van der Waals surface area contributed by atoms with Gasteiger partial charge in [-0.05, 0) is 31.5 Å². The first kappa shape index (κ1) is 15.0. The number of ketones is 2. The highest BCUT2D eigenvalue weighted by Crippen LogP contribution is 2.16. The van der Waals surface area contributed by atoms with Gasteiger partial charge in [-0.25, -0.2) is 0 Å². The standard InChI is InChI=1S/C18H18O3/c1-13(19)12-15-8-10-17(11-9-15)21-14(2)18(20)16-6-4-3-5-7-16/h3-11,14H,12H2,1-2H3. The second-order valence-electron chi connectivity index (χ2n) is 5.01. The largest absolute Gasteiger partial charge is 0.483 e. The van der Waals surface area contributed by atoms with Gasteiger partial charge in [-0.3, -0.25) is 9.59 Å². The average Bonchev–Trinajstić information content (AvgIpc) is 2.49. The second-order valence-corrected chi connectivity index (χ2v) is 5.01. The molecular formula is C18H18O3. The summed E-state index contributed by atoms with van der Waals surface area (Å²) in [6.45, 7) is 3.30. The average molecular weight is 282 g/mol. The van der Waals surface area contributed by atoms with Crippen molar-refractivity contribution in [1.29, 1.82) is 0 Å². The Hall–Kier alpha value is -2.42. The summed E-state index contributed by atoms with van der Waals surface area (Å²) >= 11 is 0. The lowest BCUT2D eigenvalue weighted by atomic mass is 10.1. The fourth-order valence-corrected chi connectivity index (χ4v) is 2.07. The number of hydrogen-bond acceptors (Lipinski definition) is 3. The quantitative estimate of drug-likeness (QED) is 0.762. The zero-order valence-corrected chi connectivity index (χ0v) is 12.2. The summed E-state index contributed by atoms with van der Waals surface area (Å²) in [6.07, 6.45) is -0.134. The van der Waals surface area contributed by atoms with Crippen molar-refractivity contribution in [2.75, 3.05) is 0 Å². The molecule has 0 aromatic heterocycles. The molecule has 0 fully saturated rings. The number of ether oxygens (including phenoxy) is 1. The van der Waals surface area contributed by atoms with E-state index in [4.69, 9.17) is 4.74 Å². The molecule has 0 heterocycles. The monoisotopic (exact) mass is 282 g/mol. The van der Waals surface area contributed by atoms with Crippen LogP contribution in [0.5, 0.6) is 5.75 Å². The van der Waals surface area contributed by atoms with Gasteiger partial charge in [0, 0.05) is 12.0 Å². The van der Waals surface area contributed by atoms with Crippen molar-refractivity contribution in [3.05, 3.63) is 65.7 Å². The van der Waals surface area contributed by atoms with Crippen LogP contribution in [-0.4, -0.2) is 17.7 Å². The van der Waals surface area contributed by atoms with Gasteiger partial charge in [0.1, 0.15) is 11.5 Å². The first-order valence-corrected chi connectivity index (χ1v) is 6.90. The summed E-state index contributed by atoms with van der Waals surface area (Å²) in [7, 11) is 0. The maximum atomic E-state index is 12.2. The molecule has 0 aliphatic carbocycles. The summed E-state index contributed by atoms with van der Waals surface area (Å²) in [5, 5.41) is 0. The van der Waals surface area contributed by atoms with Crippen LogP contribution in [0.3, 0.4) is 0 Å². The predicted octanol–water partition coefficient (Wildman–Crippen LogP) is 3.47. The van der Waals surface area contributed by atoms with Gasteiger partial charge in [-0.15, -0.1) is 0 Å². The Labute approximate surface area is 124 Å². The smallest absolute Gasteiger partial charge is 0.202 e. The van der Waals surface area contributed by atoms with Crippen molar-refractivity contribution >= 4 is 11.6 Å². The second kappa shape index (κ2) is 6.84. The van der Waals surface area contributed by atoms with Gasteiger partial charge >= 0.3 is 0 Å². The fraction of sp³-hybridized carbons (Fsp3) is 0.222. The SMILES string of the molecule is CC(=O)Cc1ccc(OC(C)C(=O)c2ccccc2)cc1. The molecule has 1 atom stereocenters. The van der Waals surface area contributed by atoms with Crippen molar-refractivity contribution in [3.8, 4) is 5.75 Å². The molecule has 0 aliphatic rings.